The van der Waals surface area contributed by atoms with E-state index < -0.39 is 0 Å². The number of nitrogens with zero attached hydrogens (tertiary/aromatic N) is 4. The summed E-state index contributed by atoms with van der Waals surface area (Å²) in [5, 5.41) is 1.02. The van der Waals surface area contributed by atoms with E-state index >= 15 is 0 Å². The zero-order valence-electron chi connectivity index (χ0n) is 18.3. The van der Waals surface area contributed by atoms with E-state index in [4.69, 9.17) is 5.73 Å². The van der Waals surface area contributed by atoms with Crippen molar-refractivity contribution in [2.24, 2.45) is 11.8 Å². The highest BCUT2D eigenvalue weighted by atomic mass is 15.2. The third kappa shape index (κ3) is 3.63. The summed E-state index contributed by atoms with van der Waals surface area (Å²) in [5.74, 6) is 2.35. The number of fused-ring (bicyclic) bond motifs is 1. The molecule has 5 heteroatoms. The second-order valence-corrected chi connectivity index (χ2v) is 10.1. The van der Waals surface area contributed by atoms with Gasteiger partial charge in [0.15, 0.2) is 0 Å². The zero-order valence-corrected chi connectivity index (χ0v) is 18.3. The largest absolute Gasteiger partial charge is 0.383 e. The van der Waals surface area contributed by atoms with Crippen molar-refractivity contribution in [3.63, 3.8) is 0 Å². The van der Waals surface area contributed by atoms with Crippen LogP contribution in [0.1, 0.15) is 56.6 Å². The molecule has 0 spiro atoms. The topological polar surface area (TPSA) is 60.0 Å². The molecule has 0 atom stereocenters. The molecule has 2 aromatic heterocycles. The molecule has 3 heterocycles. The summed E-state index contributed by atoms with van der Waals surface area (Å²) in [6.45, 7) is 3.85. The minimum absolute atomic E-state index is 0.527. The highest BCUT2D eigenvalue weighted by Gasteiger charge is 2.34. The average molecular weight is 416 g/mol. The summed E-state index contributed by atoms with van der Waals surface area (Å²) in [7, 11) is 0. The Bertz CT molecular complexity index is 1070. The van der Waals surface area contributed by atoms with Crippen LogP contribution in [0.3, 0.4) is 0 Å². The van der Waals surface area contributed by atoms with E-state index in [9.17, 15) is 0 Å². The Morgan fingerprint density at radius 3 is 2.65 bits per heavy atom. The van der Waals surface area contributed by atoms with Crippen LogP contribution in [-0.2, 0) is 6.42 Å². The Kier molecular flexibility index (Phi) is 4.94. The number of likely N-dealkylation sites (tertiary alicyclic amines) is 1. The molecule has 3 aromatic rings. The number of aromatic nitrogens is 3. The van der Waals surface area contributed by atoms with Gasteiger partial charge in [0.2, 0.25) is 0 Å². The van der Waals surface area contributed by atoms with Gasteiger partial charge in [-0.1, -0.05) is 43.5 Å². The normalized spacial score (nSPS) is 24.0. The maximum absolute atomic E-state index is 6.38. The molecule has 2 aliphatic carbocycles. The predicted octanol–water partition coefficient (Wildman–Crippen LogP) is 5.07. The fraction of sp³-hybridized carbons (Fsp3) is 0.538. The minimum atomic E-state index is 0.527. The lowest BCUT2D eigenvalue weighted by atomic mass is 9.79. The molecule has 162 valence electrons. The molecule has 1 aromatic carbocycles. The summed E-state index contributed by atoms with van der Waals surface area (Å²) < 4.78 is 2.39. The highest BCUT2D eigenvalue weighted by molar-refractivity contribution is 6.00. The molecule has 0 unspecified atom stereocenters. The summed E-state index contributed by atoms with van der Waals surface area (Å²) in [6.07, 6.45) is 14.5. The monoisotopic (exact) mass is 415 g/mol. The van der Waals surface area contributed by atoms with Crippen molar-refractivity contribution in [1.29, 1.82) is 0 Å². The van der Waals surface area contributed by atoms with Crippen molar-refractivity contribution in [2.75, 3.05) is 25.4 Å². The van der Waals surface area contributed by atoms with Crippen molar-refractivity contribution in [3.8, 4) is 11.1 Å². The molecule has 3 fully saturated rings. The van der Waals surface area contributed by atoms with Crippen LogP contribution >= 0.6 is 0 Å². The number of rotatable bonds is 7. The van der Waals surface area contributed by atoms with Gasteiger partial charge in [0.05, 0.1) is 5.39 Å². The number of aryl methyl sites for hydroxylation is 1. The van der Waals surface area contributed by atoms with Crippen molar-refractivity contribution in [2.45, 2.75) is 57.4 Å². The maximum atomic E-state index is 6.38. The quantitative estimate of drug-likeness (QED) is 0.585. The number of hydrogen-bond donors (Lipinski definition) is 1. The van der Waals surface area contributed by atoms with Gasteiger partial charge in [0.25, 0.3) is 0 Å². The van der Waals surface area contributed by atoms with Crippen LogP contribution in [0.5, 0.6) is 0 Å². The second kappa shape index (κ2) is 7.94. The SMILES string of the molecule is Nc1ncnc2c1c(-c1cccc(CCC3CCC3)c1)cn2C1CC(CN2CCC2)C1. The van der Waals surface area contributed by atoms with Gasteiger partial charge < -0.3 is 15.2 Å². The van der Waals surface area contributed by atoms with Gasteiger partial charge in [-0.15, -0.1) is 0 Å². The van der Waals surface area contributed by atoms with Crippen LogP contribution < -0.4 is 5.73 Å². The molecular formula is C26H33N5. The van der Waals surface area contributed by atoms with Gasteiger partial charge in [-0.3, -0.25) is 0 Å². The minimum Gasteiger partial charge on any atom is -0.383 e. The third-order valence-electron chi connectivity index (χ3n) is 8.01. The number of nitrogens with two attached hydrogens (primary N) is 1. The zero-order chi connectivity index (χ0) is 20.8. The Morgan fingerprint density at radius 2 is 1.90 bits per heavy atom. The highest BCUT2D eigenvalue weighted by Crippen LogP contribution is 2.43. The summed E-state index contributed by atoms with van der Waals surface area (Å²) in [6, 6.07) is 9.57. The first-order valence-corrected chi connectivity index (χ1v) is 12.2. The van der Waals surface area contributed by atoms with Gasteiger partial charge in [-0.2, -0.15) is 0 Å². The van der Waals surface area contributed by atoms with Gasteiger partial charge in [-0.05, 0) is 68.2 Å². The van der Waals surface area contributed by atoms with Gasteiger partial charge in [0.1, 0.15) is 17.8 Å². The first-order chi connectivity index (χ1) is 15.2. The molecule has 2 saturated carbocycles. The Balaban J connectivity index is 1.27. The molecule has 0 bridgehead atoms. The lowest BCUT2D eigenvalue weighted by molar-refractivity contribution is 0.0921. The molecule has 0 amide bonds. The van der Waals surface area contributed by atoms with E-state index in [-0.39, 0.29) is 0 Å². The van der Waals surface area contributed by atoms with Crippen LogP contribution in [-0.4, -0.2) is 39.1 Å². The fourth-order valence-electron chi connectivity index (χ4n) is 5.66. The first kappa shape index (κ1) is 19.3. The molecular weight excluding hydrogens is 382 g/mol. The molecule has 3 aliphatic rings. The lowest BCUT2D eigenvalue weighted by Crippen LogP contribution is -2.43. The molecule has 1 aliphatic heterocycles. The van der Waals surface area contributed by atoms with E-state index in [2.05, 4.69) is 49.9 Å². The fourth-order valence-corrected chi connectivity index (χ4v) is 5.66. The van der Waals surface area contributed by atoms with E-state index in [1.54, 1.807) is 6.33 Å². The molecule has 5 nitrogen and oxygen atoms in total. The van der Waals surface area contributed by atoms with Crippen LogP contribution in [0.4, 0.5) is 5.82 Å². The molecule has 0 radical (unpaired) electrons. The van der Waals surface area contributed by atoms with E-state index in [0.717, 1.165) is 22.9 Å². The van der Waals surface area contributed by atoms with Crippen molar-refractivity contribution in [1.82, 2.24) is 19.4 Å². The molecule has 1 saturated heterocycles. The van der Waals surface area contributed by atoms with Crippen LogP contribution in [0.25, 0.3) is 22.2 Å². The second-order valence-electron chi connectivity index (χ2n) is 10.1. The molecule has 2 N–H and O–H groups in total. The standard InChI is InChI=1S/C26H33N5/c27-25-24-23(21-7-2-6-19(12-21)9-8-18-4-1-5-18)16-31(26(24)29-17-28-25)22-13-20(14-22)15-30-10-3-11-30/h2,6-7,12,16-18,20,22H,1,3-5,8-11,13-15H2,(H2,27,28,29). The third-order valence-corrected chi connectivity index (χ3v) is 8.01. The first-order valence-electron chi connectivity index (χ1n) is 12.2. The number of benzene rings is 1. The van der Waals surface area contributed by atoms with Crippen LogP contribution in [0.15, 0.2) is 36.8 Å². The van der Waals surface area contributed by atoms with Crippen molar-refractivity contribution in [3.05, 3.63) is 42.4 Å². The Labute approximate surface area is 184 Å². The van der Waals surface area contributed by atoms with Crippen LogP contribution in [0, 0.1) is 11.8 Å². The molecule has 31 heavy (non-hydrogen) atoms. The van der Waals surface area contributed by atoms with Crippen molar-refractivity contribution < 1.29 is 0 Å². The number of anilines is 1. The summed E-state index contributed by atoms with van der Waals surface area (Å²) in [5.41, 5.74) is 11.2. The van der Waals surface area contributed by atoms with E-state index in [1.807, 2.05) is 0 Å². The average Bonchev–Trinajstić information content (AvgIpc) is 3.05. The van der Waals surface area contributed by atoms with Gasteiger partial charge in [0, 0.05) is 24.3 Å². The Hall–Kier alpha value is -2.40. The van der Waals surface area contributed by atoms with Crippen LogP contribution in [0.2, 0.25) is 0 Å². The smallest absolute Gasteiger partial charge is 0.146 e. The predicted molar refractivity (Wildman–Crippen MR) is 126 cm³/mol. The van der Waals surface area contributed by atoms with Crippen molar-refractivity contribution >= 4 is 16.9 Å². The van der Waals surface area contributed by atoms with Gasteiger partial charge >= 0.3 is 0 Å². The molecule has 6 rings (SSSR count). The lowest BCUT2D eigenvalue weighted by Gasteiger charge is -2.42. The Morgan fingerprint density at radius 1 is 1.03 bits per heavy atom. The van der Waals surface area contributed by atoms with E-state index in [0.29, 0.717) is 11.9 Å². The maximum Gasteiger partial charge on any atom is 0.146 e. The number of hydrogen-bond acceptors (Lipinski definition) is 4. The van der Waals surface area contributed by atoms with E-state index in [1.165, 1.54) is 87.7 Å². The number of nitrogen functional groups attached to an aromatic ring is 1. The summed E-state index contributed by atoms with van der Waals surface area (Å²) >= 11 is 0. The van der Waals surface area contributed by atoms with Gasteiger partial charge in [-0.25, -0.2) is 9.97 Å². The summed E-state index contributed by atoms with van der Waals surface area (Å²) in [4.78, 5) is 11.6.